The number of rotatable bonds is 6. The average molecular weight is 446 g/mol. The van der Waals surface area contributed by atoms with Crippen LogP contribution in [0.1, 0.15) is 29.3 Å². The van der Waals surface area contributed by atoms with Gasteiger partial charge in [-0.1, -0.05) is 0 Å². The van der Waals surface area contributed by atoms with E-state index in [1.165, 1.54) is 20.6 Å². The van der Waals surface area contributed by atoms with Crippen molar-refractivity contribution in [1.82, 2.24) is 19.2 Å². The Morgan fingerprint density at radius 1 is 1.39 bits per heavy atom. The lowest BCUT2D eigenvalue weighted by molar-refractivity contribution is -0.131. The summed E-state index contributed by atoms with van der Waals surface area (Å²) in [4.78, 5) is 39.0. The Morgan fingerprint density at radius 2 is 2.19 bits per heavy atom. The molecule has 10 nitrogen and oxygen atoms in total. The predicted molar refractivity (Wildman–Crippen MR) is 112 cm³/mol. The molecule has 0 radical (unpaired) electrons. The van der Waals surface area contributed by atoms with E-state index < -0.39 is 23.4 Å². The Balaban J connectivity index is 1.59. The van der Waals surface area contributed by atoms with E-state index in [4.69, 9.17) is 4.74 Å². The van der Waals surface area contributed by atoms with Crippen LogP contribution in [0.3, 0.4) is 0 Å². The summed E-state index contributed by atoms with van der Waals surface area (Å²) in [7, 11) is 0. The largest absolute Gasteiger partial charge is 0.502 e. The first-order chi connectivity index (χ1) is 14.9. The van der Waals surface area contributed by atoms with Crippen LogP contribution >= 0.6 is 11.3 Å². The minimum Gasteiger partial charge on any atom is -0.502 e. The standard InChI is InChI=1S/C20H22N4O6S/c1-2-30-20(29)16-17(27)19(28)24(14-4-6-31-18(14)16)9-12-7-21-23(8-12)11-15(26)22-5-3-13(25)10-22/h4,6-8,13,25,27H,2-3,5,9-11H2,1H3/t13-/m1/s1. The van der Waals surface area contributed by atoms with E-state index in [2.05, 4.69) is 5.10 Å². The van der Waals surface area contributed by atoms with Gasteiger partial charge in [-0.05, 0) is 24.8 Å². The molecule has 11 heteroatoms. The highest BCUT2D eigenvalue weighted by molar-refractivity contribution is 7.17. The number of aliphatic hydroxyl groups is 1. The molecule has 1 atom stereocenters. The smallest absolute Gasteiger partial charge is 0.343 e. The number of esters is 1. The zero-order chi connectivity index (χ0) is 22.1. The number of β-amino-alcohol motifs (C(OH)–C–C–N with tert-alkyl or cyclic N) is 1. The summed E-state index contributed by atoms with van der Waals surface area (Å²) < 4.78 is 8.29. The molecule has 0 aromatic carbocycles. The Bertz CT molecular complexity index is 1200. The first-order valence-electron chi connectivity index (χ1n) is 9.86. The maximum atomic E-state index is 12.8. The molecule has 1 aliphatic rings. The first kappa shape index (κ1) is 21.1. The molecule has 2 N–H and O–H groups in total. The van der Waals surface area contributed by atoms with Gasteiger partial charge in [0.2, 0.25) is 5.91 Å². The normalized spacial score (nSPS) is 16.2. The van der Waals surface area contributed by atoms with Crippen molar-refractivity contribution in [2.75, 3.05) is 19.7 Å². The van der Waals surface area contributed by atoms with Crippen LogP contribution in [0.5, 0.6) is 5.75 Å². The van der Waals surface area contributed by atoms with Gasteiger partial charge in [0, 0.05) is 24.8 Å². The van der Waals surface area contributed by atoms with E-state index >= 15 is 0 Å². The molecule has 0 bridgehead atoms. The predicted octanol–water partition coefficient (Wildman–Crippen LogP) is 0.783. The zero-order valence-corrected chi connectivity index (χ0v) is 17.7. The summed E-state index contributed by atoms with van der Waals surface area (Å²) in [6.45, 7) is 2.76. The van der Waals surface area contributed by atoms with Crippen molar-refractivity contribution in [2.45, 2.75) is 32.5 Å². The lowest BCUT2D eigenvalue weighted by Gasteiger charge is -2.15. The maximum Gasteiger partial charge on any atom is 0.343 e. The van der Waals surface area contributed by atoms with Crippen molar-refractivity contribution in [3.05, 3.63) is 45.3 Å². The second kappa shape index (κ2) is 8.52. The number of aliphatic hydroxyl groups excluding tert-OH is 1. The van der Waals surface area contributed by atoms with Crippen LogP contribution < -0.4 is 5.56 Å². The molecule has 3 aromatic rings. The molecule has 4 heterocycles. The molecule has 1 fully saturated rings. The van der Waals surface area contributed by atoms with E-state index in [9.17, 15) is 24.6 Å². The van der Waals surface area contributed by atoms with Gasteiger partial charge in [0.1, 0.15) is 12.1 Å². The minimum absolute atomic E-state index is 0.0303. The Kier molecular flexibility index (Phi) is 5.79. The first-order valence-corrected chi connectivity index (χ1v) is 10.7. The molecule has 4 rings (SSSR count). The molecule has 0 saturated carbocycles. The van der Waals surface area contributed by atoms with Gasteiger partial charge in [0.15, 0.2) is 5.75 Å². The summed E-state index contributed by atoms with van der Waals surface area (Å²) in [5.41, 5.74) is 0.337. The summed E-state index contributed by atoms with van der Waals surface area (Å²) in [5, 5.41) is 25.9. The molecule has 31 heavy (non-hydrogen) atoms. The van der Waals surface area contributed by atoms with E-state index in [1.54, 1.807) is 35.7 Å². The lowest BCUT2D eigenvalue weighted by Crippen LogP contribution is -2.32. The van der Waals surface area contributed by atoms with Crippen molar-refractivity contribution < 1.29 is 24.5 Å². The van der Waals surface area contributed by atoms with Gasteiger partial charge < -0.3 is 19.8 Å². The summed E-state index contributed by atoms with van der Waals surface area (Å²) in [6, 6.07) is 1.70. The number of ether oxygens (including phenoxy) is 1. The fourth-order valence-electron chi connectivity index (χ4n) is 3.67. The van der Waals surface area contributed by atoms with Crippen LogP contribution in [-0.4, -0.2) is 67.1 Å². The third kappa shape index (κ3) is 4.06. The molecule has 164 valence electrons. The summed E-state index contributed by atoms with van der Waals surface area (Å²) in [6.07, 6.45) is 3.29. The fraction of sp³-hybridized carbons (Fsp3) is 0.400. The SMILES string of the molecule is CCOC(=O)c1c(O)c(=O)n(Cc2cnn(CC(=O)N3CC[C@@H](O)C3)c2)c2ccsc12. The Labute approximate surface area is 180 Å². The van der Waals surface area contributed by atoms with Crippen LogP contribution in [0.15, 0.2) is 28.6 Å². The van der Waals surface area contributed by atoms with Crippen molar-refractivity contribution >= 4 is 33.4 Å². The fourth-order valence-corrected chi connectivity index (χ4v) is 4.60. The maximum absolute atomic E-state index is 12.8. The second-order valence-corrected chi connectivity index (χ2v) is 8.21. The zero-order valence-electron chi connectivity index (χ0n) is 16.9. The number of nitrogens with zero attached hydrogens (tertiary/aromatic N) is 4. The molecule has 0 spiro atoms. The van der Waals surface area contributed by atoms with E-state index in [1.807, 2.05) is 0 Å². The highest BCUT2D eigenvalue weighted by Gasteiger charge is 2.26. The molecule has 3 aromatic heterocycles. The summed E-state index contributed by atoms with van der Waals surface area (Å²) in [5.74, 6) is -1.53. The van der Waals surface area contributed by atoms with Crippen molar-refractivity contribution in [3.8, 4) is 5.75 Å². The van der Waals surface area contributed by atoms with Crippen molar-refractivity contribution in [3.63, 3.8) is 0 Å². The molecule has 1 aliphatic heterocycles. The van der Waals surface area contributed by atoms with Crippen LogP contribution in [0.2, 0.25) is 0 Å². The number of aromatic nitrogens is 3. The second-order valence-electron chi connectivity index (χ2n) is 7.30. The van der Waals surface area contributed by atoms with Crippen molar-refractivity contribution in [2.24, 2.45) is 0 Å². The average Bonchev–Trinajstić information content (AvgIpc) is 3.47. The number of amides is 1. The van der Waals surface area contributed by atoms with E-state index in [-0.39, 0.29) is 31.2 Å². The Hall–Kier alpha value is -3.18. The number of fused-ring (bicyclic) bond motifs is 1. The van der Waals surface area contributed by atoms with Gasteiger partial charge in [-0.15, -0.1) is 11.3 Å². The number of thiophene rings is 1. The number of aromatic hydroxyl groups is 1. The van der Waals surface area contributed by atoms with E-state index in [0.717, 1.165) is 0 Å². The molecular weight excluding hydrogens is 424 g/mol. The number of hydrogen-bond acceptors (Lipinski definition) is 8. The Morgan fingerprint density at radius 3 is 2.90 bits per heavy atom. The minimum atomic E-state index is -0.741. The van der Waals surface area contributed by atoms with Crippen LogP contribution in [0.25, 0.3) is 10.2 Å². The van der Waals surface area contributed by atoms with Gasteiger partial charge in [0.25, 0.3) is 5.56 Å². The van der Waals surface area contributed by atoms with Crippen molar-refractivity contribution in [1.29, 1.82) is 0 Å². The van der Waals surface area contributed by atoms with Crippen LogP contribution in [0.4, 0.5) is 0 Å². The monoisotopic (exact) mass is 446 g/mol. The summed E-state index contributed by atoms with van der Waals surface area (Å²) >= 11 is 1.23. The van der Waals surface area contributed by atoms with Gasteiger partial charge in [-0.2, -0.15) is 5.10 Å². The number of carbonyl (C=O) groups excluding carboxylic acids is 2. The molecule has 0 aliphatic carbocycles. The lowest BCUT2D eigenvalue weighted by atomic mass is 10.2. The quantitative estimate of drug-likeness (QED) is 0.536. The molecule has 1 amide bonds. The van der Waals surface area contributed by atoms with Gasteiger partial charge in [-0.25, -0.2) is 4.79 Å². The molecular formula is C20H22N4O6S. The van der Waals surface area contributed by atoms with Gasteiger partial charge in [0.05, 0.1) is 35.7 Å². The number of likely N-dealkylation sites (tertiary alicyclic amines) is 1. The highest BCUT2D eigenvalue weighted by Crippen LogP contribution is 2.29. The number of hydrogen-bond donors (Lipinski definition) is 2. The highest BCUT2D eigenvalue weighted by atomic mass is 32.1. The number of carbonyl (C=O) groups is 2. The third-order valence-electron chi connectivity index (χ3n) is 5.17. The third-order valence-corrected chi connectivity index (χ3v) is 6.09. The van der Waals surface area contributed by atoms with Crippen LogP contribution in [-0.2, 0) is 22.6 Å². The van der Waals surface area contributed by atoms with Gasteiger partial charge in [-0.3, -0.25) is 18.8 Å². The van der Waals surface area contributed by atoms with E-state index in [0.29, 0.717) is 35.3 Å². The number of pyridine rings is 1. The molecule has 1 saturated heterocycles. The topological polar surface area (TPSA) is 127 Å². The van der Waals surface area contributed by atoms with Gasteiger partial charge >= 0.3 is 5.97 Å². The molecule has 0 unspecified atom stereocenters. The van der Waals surface area contributed by atoms with Crippen LogP contribution in [0, 0.1) is 0 Å².